The number of benzene rings is 1. The zero-order chi connectivity index (χ0) is 19.2. The zero-order valence-corrected chi connectivity index (χ0v) is 14.9. The Balaban J connectivity index is 1.73. The Morgan fingerprint density at radius 3 is 2.67 bits per heavy atom. The van der Waals surface area contributed by atoms with Gasteiger partial charge in [0, 0.05) is 23.5 Å². The highest BCUT2D eigenvalue weighted by Crippen LogP contribution is 2.30. The lowest BCUT2D eigenvalue weighted by atomic mass is 10.1. The second-order valence-electron chi connectivity index (χ2n) is 5.32. The molecule has 2 aromatic heterocycles. The number of rotatable bonds is 5. The van der Waals surface area contributed by atoms with E-state index in [0.29, 0.717) is 33.2 Å². The summed E-state index contributed by atoms with van der Waals surface area (Å²) in [6.07, 6.45) is 4.40. The Labute approximate surface area is 159 Å². The third-order valence-electron chi connectivity index (χ3n) is 3.58. The minimum atomic E-state index is -0.472. The van der Waals surface area contributed by atoms with Crippen LogP contribution in [0.3, 0.4) is 0 Å². The van der Waals surface area contributed by atoms with Gasteiger partial charge in [-0.15, -0.1) is 0 Å². The van der Waals surface area contributed by atoms with E-state index in [-0.39, 0.29) is 5.91 Å². The van der Waals surface area contributed by atoms with Gasteiger partial charge in [0.15, 0.2) is 0 Å². The highest BCUT2D eigenvalue weighted by Gasteiger charge is 2.13. The molecule has 0 aliphatic heterocycles. The molecule has 8 heteroatoms. The monoisotopic (exact) mass is 383 g/mol. The van der Waals surface area contributed by atoms with E-state index in [0.717, 1.165) is 0 Å². The summed E-state index contributed by atoms with van der Waals surface area (Å²) in [5, 5.41) is 4.28. The first kappa shape index (κ1) is 18.3. The number of hydrogen-bond donors (Lipinski definition) is 1. The second kappa shape index (κ2) is 8.29. The minimum Gasteiger partial charge on any atom is -0.465 e. The van der Waals surface area contributed by atoms with Crippen molar-refractivity contribution >= 4 is 29.7 Å². The summed E-state index contributed by atoms with van der Waals surface area (Å²) in [6, 6.07) is 11.2. The Hall–Kier alpha value is -3.45. The van der Waals surface area contributed by atoms with Crippen molar-refractivity contribution < 1.29 is 18.7 Å². The van der Waals surface area contributed by atoms with Gasteiger partial charge in [-0.25, -0.2) is 10.2 Å². The van der Waals surface area contributed by atoms with Crippen molar-refractivity contribution in [2.45, 2.75) is 0 Å². The van der Waals surface area contributed by atoms with Crippen LogP contribution in [0, 0.1) is 0 Å². The third kappa shape index (κ3) is 4.39. The molecule has 0 aliphatic carbocycles. The number of esters is 1. The lowest BCUT2D eigenvalue weighted by Crippen LogP contribution is -2.17. The molecule has 2 heterocycles. The smallest absolute Gasteiger partial charge is 0.337 e. The average Bonchev–Trinajstić information content (AvgIpc) is 3.17. The van der Waals surface area contributed by atoms with Crippen molar-refractivity contribution in [2.24, 2.45) is 5.10 Å². The van der Waals surface area contributed by atoms with Crippen molar-refractivity contribution in [1.29, 1.82) is 0 Å². The summed E-state index contributed by atoms with van der Waals surface area (Å²) in [4.78, 5) is 27.4. The molecular formula is C19H14ClN3O4. The van der Waals surface area contributed by atoms with Gasteiger partial charge in [-0.1, -0.05) is 11.6 Å². The molecule has 0 radical (unpaired) electrons. The molecule has 1 N–H and O–H groups in total. The first-order chi connectivity index (χ1) is 13.1. The number of halogens is 1. The van der Waals surface area contributed by atoms with Gasteiger partial charge >= 0.3 is 5.97 Å². The quantitative estimate of drug-likeness (QED) is 0.413. The van der Waals surface area contributed by atoms with Crippen LogP contribution in [0.25, 0.3) is 11.3 Å². The van der Waals surface area contributed by atoms with Crippen LogP contribution in [0.5, 0.6) is 0 Å². The lowest BCUT2D eigenvalue weighted by Gasteiger charge is -2.04. The van der Waals surface area contributed by atoms with E-state index < -0.39 is 5.97 Å². The fraction of sp³-hybridized carbons (Fsp3) is 0.0526. The maximum absolute atomic E-state index is 11.9. The lowest BCUT2D eigenvalue weighted by molar-refractivity contribution is 0.0600. The van der Waals surface area contributed by atoms with Crippen molar-refractivity contribution in [3.8, 4) is 11.3 Å². The van der Waals surface area contributed by atoms with Crippen LogP contribution in [-0.2, 0) is 4.74 Å². The van der Waals surface area contributed by atoms with Crippen LogP contribution in [0.1, 0.15) is 26.5 Å². The standard InChI is InChI=1S/C19H14ClN3O4/c1-26-19(25)13-2-4-16(20)15(10-13)17-5-3-14(27-17)11-22-23-18(24)12-6-8-21-9-7-12/h2-11H,1H3,(H,23,24). The Morgan fingerprint density at radius 2 is 1.93 bits per heavy atom. The molecule has 27 heavy (non-hydrogen) atoms. The maximum Gasteiger partial charge on any atom is 0.337 e. The predicted molar refractivity (Wildman–Crippen MR) is 99.8 cm³/mol. The van der Waals surface area contributed by atoms with Gasteiger partial charge in [-0.05, 0) is 42.5 Å². The zero-order valence-electron chi connectivity index (χ0n) is 14.2. The molecule has 0 spiro atoms. The predicted octanol–water partition coefficient (Wildman–Crippen LogP) is 3.55. The second-order valence-corrected chi connectivity index (χ2v) is 5.73. The fourth-order valence-electron chi connectivity index (χ4n) is 2.25. The van der Waals surface area contributed by atoms with Crippen LogP contribution >= 0.6 is 11.6 Å². The number of ether oxygens (including phenoxy) is 1. The molecule has 1 amide bonds. The van der Waals surface area contributed by atoms with Crippen molar-refractivity contribution in [3.05, 3.63) is 76.8 Å². The van der Waals surface area contributed by atoms with Crippen LogP contribution < -0.4 is 5.43 Å². The van der Waals surface area contributed by atoms with E-state index in [1.54, 1.807) is 42.5 Å². The molecule has 136 valence electrons. The van der Waals surface area contributed by atoms with E-state index in [1.165, 1.54) is 25.7 Å². The number of amides is 1. The third-order valence-corrected chi connectivity index (χ3v) is 3.91. The van der Waals surface area contributed by atoms with Gasteiger partial charge in [0.05, 0.1) is 23.9 Å². The molecule has 7 nitrogen and oxygen atoms in total. The van der Waals surface area contributed by atoms with Crippen LogP contribution in [-0.4, -0.2) is 30.2 Å². The molecular weight excluding hydrogens is 370 g/mol. The molecule has 0 fully saturated rings. The number of furan rings is 1. The van der Waals surface area contributed by atoms with Crippen molar-refractivity contribution in [2.75, 3.05) is 7.11 Å². The molecule has 3 rings (SSSR count). The van der Waals surface area contributed by atoms with Crippen molar-refractivity contribution in [1.82, 2.24) is 10.4 Å². The summed E-state index contributed by atoms with van der Waals surface area (Å²) >= 11 is 6.19. The van der Waals surface area contributed by atoms with Crippen molar-refractivity contribution in [3.63, 3.8) is 0 Å². The topological polar surface area (TPSA) is 93.8 Å². The number of methoxy groups -OCH3 is 1. The van der Waals surface area contributed by atoms with E-state index in [1.807, 2.05) is 0 Å². The Kier molecular flexibility index (Phi) is 5.63. The number of carbonyl (C=O) groups is 2. The Morgan fingerprint density at radius 1 is 1.15 bits per heavy atom. The fourth-order valence-corrected chi connectivity index (χ4v) is 2.46. The molecule has 0 saturated carbocycles. The molecule has 0 bridgehead atoms. The number of aromatic nitrogens is 1. The summed E-state index contributed by atoms with van der Waals surface area (Å²) in [5.74, 6) is 0.0153. The number of nitrogens with zero attached hydrogens (tertiary/aromatic N) is 2. The molecule has 0 unspecified atom stereocenters. The molecule has 3 aromatic rings. The maximum atomic E-state index is 11.9. The number of carbonyl (C=O) groups excluding carboxylic acids is 2. The van der Waals surface area contributed by atoms with E-state index in [2.05, 4.69) is 15.5 Å². The Bertz CT molecular complexity index is 999. The highest BCUT2D eigenvalue weighted by molar-refractivity contribution is 6.33. The summed E-state index contributed by atoms with van der Waals surface area (Å²) in [7, 11) is 1.30. The van der Waals surface area contributed by atoms with Gasteiger partial charge < -0.3 is 9.15 Å². The number of hydrogen-bond acceptors (Lipinski definition) is 6. The normalized spacial score (nSPS) is 10.7. The number of pyridine rings is 1. The first-order valence-electron chi connectivity index (χ1n) is 7.80. The van der Waals surface area contributed by atoms with Gasteiger partial charge in [0.25, 0.3) is 5.91 Å². The van der Waals surface area contributed by atoms with Gasteiger partial charge in [-0.2, -0.15) is 5.10 Å². The SMILES string of the molecule is COC(=O)c1ccc(Cl)c(-c2ccc(C=NNC(=O)c3ccncc3)o2)c1. The van der Waals surface area contributed by atoms with E-state index >= 15 is 0 Å². The molecule has 0 atom stereocenters. The van der Waals surface area contributed by atoms with Crippen LogP contribution in [0.4, 0.5) is 0 Å². The molecule has 1 aromatic carbocycles. The highest BCUT2D eigenvalue weighted by atomic mass is 35.5. The largest absolute Gasteiger partial charge is 0.465 e. The van der Waals surface area contributed by atoms with Crippen LogP contribution in [0.15, 0.2) is 64.4 Å². The van der Waals surface area contributed by atoms with E-state index in [4.69, 9.17) is 20.8 Å². The first-order valence-corrected chi connectivity index (χ1v) is 8.18. The van der Waals surface area contributed by atoms with E-state index in [9.17, 15) is 9.59 Å². The summed E-state index contributed by atoms with van der Waals surface area (Å²) < 4.78 is 10.4. The average molecular weight is 384 g/mol. The molecule has 0 saturated heterocycles. The van der Waals surface area contributed by atoms with Gasteiger partial charge in [0.1, 0.15) is 11.5 Å². The number of hydrazone groups is 1. The summed E-state index contributed by atoms with van der Waals surface area (Å²) in [6.45, 7) is 0. The summed E-state index contributed by atoms with van der Waals surface area (Å²) in [5.41, 5.74) is 3.73. The minimum absolute atomic E-state index is 0.355. The van der Waals surface area contributed by atoms with Gasteiger partial charge in [0.2, 0.25) is 0 Å². The number of nitrogens with one attached hydrogen (secondary N) is 1. The molecule has 0 aliphatic rings. The van der Waals surface area contributed by atoms with Crippen LogP contribution in [0.2, 0.25) is 5.02 Å². The van der Waals surface area contributed by atoms with Gasteiger partial charge in [-0.3, -0.25) is 9.78 Å².